The fourth-order valence-corrected chi connectivity index (χ4v) is 4.02. The maximum Gasteiger partial charge on any atom is 0.235 e. The molecule has 0 N–H and O–H groups in total. The Kier molecular flexibility index (Phi) is 4.23. The van der Waals surface area contributed by atoms with E-state index in [2.05, 4.69) is 20.9 Å². The number of likely N-dealkylation sites (N-methyl/N-ethyl adjacent to an activating group) is 1. The first kappa shape index (κ1) is 17.1. The maximum absolute atomic E-state index is 13.5. The number of amides is 1. The highest BCUT2D eigenvalue weighted by Crippen LogP contribution is 2.44. The van der Waals surface area contributed by atoms with E-state index in [1.54, 1.807) is 0 Å². The standard InChI is InChI=1S/C22H27N2O2/c1-16(2)24(3)14-12-23(13-15-24)22(25)21-17-8-4-6-10-19(17)26-20-11-7-5-9-18(20)21/h4-11,16,21H,12-15H2,1-3H3/q+1. The van der Waals surface area contributed by atoms with E-state index in [9.17, 15) is 4.79 Å². The number of fused-ring (bicyclic) bond motifs is 2. The molecule has 0 saturated carbocycles. The number of piperazine rings is 1. The van der Waals surface area contributed by atoms with E-state index in [1.807, 2.05) is 53.4 Å². The van der Waals surface area contributed by atoms with Crippen molar-refractivity contribution in [3.8, 4) is 11.5 Å². The summed E-state index contributed by atoms with van der Waals surface area (Å²) in [5.41, 5.74) is 1.95. The van der Waals surface area contributed by atoms with Gasteiger partial charge in [-0.25, -0.2) is 0 Å². The molecule has 26 heavy (non-hydrogen) atoms. The lowest BCUT2D eigenvalue weighted by Gasteiger charge is -2.45. The highest BCUT2D eigenvalue weighted by molar-refractivity contribution is 5.89. The van der Waals surface area contributed by atoms with Gasteiger partial charge in [0, 0.05) is 11.1 Å². The lowest BCUT2D eigenvalue weighted by molar-refractivity contribution is -0.933. The Morgan fingerprint density at radius 3 is 2.00 bits per heavy atom. The summed E-state index contributed by atoms with van der Waals surface area (Å²) in [5.74, 6) is 1.52. The van der Waals surface area contributed by atoms with Crippen LogP contribution in [-0.2, 0) is 4.79 Å². The van der Waals surface area contributed by atoms with Gasteiger partial charge >= 0.3 is 0 Å². The Hall–Kier alpha value is -2.33. The zero-order chi connectivity index (χ0) is 18.3. The average Bonchev–Trinajstić information content (AvgIpc) is 2.66. The molecule has 0 spiro atoms. The van der Waals surface area contributed by atoms with Crippen LogP contribution in [0.3, 0.4) is 0 Å². The molecule has 2 aliphatic rings. The number of carbonyl (C=O) groups excluding carboxylic acids is 1. The summed E-state index contributed by atoms with van der Waals surface area (Å²) < 4.78 is 7.07. The van der Waals surface area contributed by atoms with E-state index in [4.69, 9.17) is 4.74 Å². The van der Waals surface area contributed by atoms with Gasteiger partial charge in [0.1, 0.15) is 11.5 Å². The molecular weight excluding hydrogens is 324 g/mol. The van der Waals surface area contributed by atoms with Crippen molar-refractivity contribution in [1.82, 2.24) is 4.90 Å². The van der Waals surface area contributed by atoms with Crippen molar-refractivity contribution in [3.63, 3.8) is 0 Å². The molecule has 2 heterocycles. The van der Waals surface area contributed by atoms with Gasteiger partial charge in [0.15, 0.2) is 0 Å². The molecule has 2 aromatic carbocycles. The summed E-state index contributed by atoms with van der Waals surface area (Å²) in [6.07, 6.45) is 0. The van der Waals surface area contributed by atoms with Gasteiger partial charge in [0.2, 0.25) is 5.91 Å². The first-order chi connectivity index (χ1) is 12.5. The molecule has 0 aromatic heterocycles. The molecule has 4 nitrogen and oxygen atoms in total. The molecule has 4 heteroatoms. The van der Waals surface area contributed by atoms with Crippen LogP contribution in [0.1, 0.15) is 30.9 Å². The van der Waals surface area contributed by atoms with Crippen LogP contribution in [0.5, 0.6) is 11.5 Å². The van der Waals surface area contributed by atoms with Crippen LogP contribution in [0.25, 0.3) is 0 Å². The van der Waals surface area contributed by atoms with Gasteiger partial charge in [0.05, 0.1) is 45.2 Å². The van der Waals surface area contributed by atoms with Crippen LogP contribution in [0.2, 0.25) is 0 Å². The third-order valence-electron chi connectivity index (χ3n) is 6.25. The maximum atomic E-state index is 13.5. The van der Waals surface area contributed by atoms with Gasteiger partial charge in [-0.1, -0.05) is 36.4 Å². The molecule has 0 unspecified atom stereocenters. The number of benzene rings is 2. The Labute approximate surface area is 155 Å². The van der Waals surface area contributed by atoms with Gasteiger partial charge in [-0.15, -0.1) is 0 Å². The molecule has 1 amide bonds. The fraction of sp³-hybridized carbons (Fsp3) is 0.409. The van der Waals surface area contributed by atoms with E-state index in [-0.39, 0.29) is 11.8 Å². The van der Waals surface area contributed by atoms with E-state index in [1.165, 1.54) is 0 Å². The molecule has 0 radical (unpaired) electrons. The van der Waals surface area contributed by atoms with Crippen LogP contribution in [0, 0.1) is 0 Å². The molecule has 4 rings (SSSR count). The monoisotopic (exact) mass is 351 g/mol. The smallest absolute Gasteiger partial charge is 0.235 e. The number of hydrogen-bond donors (Lipinski definition) is 0. The minimum atomic E-state index is -0.271. The lowest BCUT2D eigenvalue weighted by atomic mass is 9.86. The molecule has 0 aliphatic carbocycles. The molecule has 1 saturated heterocycles. The predicted molar refractivity (Wildman–Crippen MR) is 102 cm³/mol. The number of quaternary nitrogens is 1. The normalized spacial score (nSPS) is 18.8. The largest absolute Gasteiger partial charge is 0.457 e. The second-order valence-corrected chi connectivity index (χ2v) is 7.96. The van der Waals surface area contributed by atoms with Crippen LogP contribution < -0.4 is 4.74 Å². The molecule has 2 aliphatic heterocycles. The molecule has 0 atom stereocenters. The number of carbonyl (C=O) groups is 1. The van der Waals surface area contributed by atoms with Crippen LogP contribution in [0.4, 0.5) is 0 Å². The molecular formula is C22H27N2O2+. The van der Waals surface area contributed by atoms with E-state index < -0.39 is 0 Å². The van der Waals surface area contributed by atoms with Crippen LogP contribution in [-0.4, -0.2) is 54.6 Å². The minimum absolute atomic E-state index is 0.197. The van der Waals surface area contributed by atoms with Crippen molar-refractivity contribution in [1.29, 1.82) is 0 Å². The fourth-order valence-electron chi connectivity index (χ4n) is 4.02. The van der Waals surface area contributed by atoms with Gasteiger partial charge < -0.3 is 14.1 Å². The van der Waals surface area contributed by atoms with E-state index in [0.717, 1.165) is 53.3 Å². The Morgan fingerprint density at radius 1 is 1.00 bits per heavy atom. The van der Waals surface area contributed by atoms with Crippen LogP contribution >= 0.6 is 0 Å². The zero-order valence-electron chi connectivity index (χ0n) is 15.8. The van der Waals surface area contributed by atoms with E-state index >= 15 is 0 Å². The summed E-state index contributed by atoms with van der Waals surface area (Å²) >= 11 is 0. The van der Waals surface area contributed by atoms with Crippen molar-refractivity contribution in [2.24, 2.45) is 0 Å². The average molecular weight is 351 g/mol. The predicted octanol–water partition coefficient (Wildman–Crippen LogP) is 3.62. The first-order valence-electron chi connectivity index (χ1n) is 9.48. The number of ether oxygens (including phenoxy) is 1. The molecule has 136 valence electrons. The minimum Gasteiger partial charge on any atom is -0.457 e. The van der Waals surface area contributed by atoms with Crippen molar-refractivity contribution >= 4 is 5.91 Å². The Morgan fingerprint density at radius 2 is 1.50 bits per heavy atom. The highest BCUT2D eigenvalue weighted by Gasteiger charge is 2.39. The van der Waals surface area contributed by atoms with Crippen molar-refractivity contribution in [2.45, 2.75) is 25.8 Å². The summed E-state index contributed by atoms with van der Waals surface area (Å²) in [6.45, 7) is 8.18. The topological polar surface area (TPSA) is 29.5 Å². The zero-order valence-corrected chi connectivity index (χ0v) is 15.8. The molecule has 0 bridgehead atoms. The van der Waals surface area contributed by atoms with Gasteiger partial charge in [0.25, 0.3) is 0 Å². The second kappa shape index (κ2) is 6.44. The second-order valence-electron chi connectivity index (χ2n) is 7.96. The summed E-state index contributed by atoms with van der Waals surface area (Å²) in [7, 11) is 2.30. The Bertz CT molecular complexity index is 777. The summed E-state index contributed by atoms with van der Waals surface area (Å²) in [4.78, 5) is 15.6. The summed E-state index contributed by atoms with van der Waals surface area (Å²) in [5, 5.41) is 0. The van der Waals surface area contributed by atoms with Crippen molar-refractivity contribution in [2.75, 3.05) is 33.2 Å². The van der Waals surface area contributed by atoms with Gasteiger partial charge in [-0.05, 0) is 26.0 Å². The van der Waals surface area contributed by atoms with Crippen LogP contribution in [0.15, 0.2) is 48.5 Å². The quantitative estimate of drug-likeness (QED) is 0.774. The Balaban J connectivity index is 1.65. The third kappa shape index (κ3) is 2.78. The van der Waals surface area contributed by atoms with Gasteiger partial charge in [-0.3, -0.25) is 4.79 Å². The van der Waals surface area contributed by atoms with Crippen molar-refractivity contribution < 1.29 is 14.0 Å². The number of nitrogens with zero attached hydrogens (tertiary/aromatic N) is 2. The molecule has 1 fully saturated rings. The third-order valence-corrected chi connectivity index (χ3v) is 6.25. The van der Waals surface area contributed by atoms with E-state index in [0.29, 0.717) is 6.04 Å². The summed E-state index contributed by atoms with van der Waals surface area (Å²) in [6, 6.07) is 16.4. The number of para-hydroxylation sites is 2. The number of hydrogen-bond acceptors (Lipinski definition) is 2. The number of rotatable bonds is 2. The van der Waals surface area contributed by atoms with Crippen molar-refractivity contribution in [3.05, 3.63) is 59.7 Å². The highest BCUT2D eigenvalue weighted by atomic mass is 16.5. The molecule has 2 aromatic rings. The first-order valence-corrected chi connectivity index (χ1v) is 9.48. The lowest BCUT2D eigenvalue weighted by Crippen LogP contribution is -2.61. The SMILES string of the molecule is CC(C)[N+]1(C)CCN(C(=O)C2c3ccccc3Oc3ccccc32)CC1. The van der Waals surface area contributed by atoms with Gasteiger partial charge in [-0.2, -0.15) is 0 Å².